The van der Waals surface area contributed by atoms with E-state index >= 15 is 0 Å². The average Bonchev–Trinajstić information content (AvgIpc) is 2.61. The van der Waals surface area contributed by atoms with E-state index in [1.54, 1.807) is 0 Å². The molecule has 0 aliphatic carbocycles. The van der Waals surface area contributed by atoms with Crippen LogP contribution in [0, 0.1) is 0 Å². The van der Waals surface area contributed by atoms with Crippen LogP contribution in [0.2, 0.25) is 0 Å². The summed E-state index contributed by atoms with van der Waals surface area (Å²) in [4.78, 5) is 9.50. The van der Waals surface area contributed by atoms with Gasteiger partial charge in [-0.25, -0.2) is 0 Å². The molecule has 0 saturated carbocycles. The van der Waals surface area contributed by atoms with Crippen molar-refractivity contribution in [2.45, 2.75) is 56.7 Å². The first kappa shape index (κ1) is 27.5. The number of rotatable bonds is 5. The molecule has 2 radical (unpaired) electrons. The van der Waals surface area contributed by atoms with Crippen molar-refractivity contribution in [3.05, 3.63) is 65.2 Å². The van der Waals surface area contributed by atoms with E-state index in [9.17, 15) is 17.3 Å². The maximum atomic E-state index is 9.75. The molecule has 8 heteroatoms. The molecule has 168 valence electrons. The zero-order chi connectivity index (χ0) is 23.7. The first-order chi connectivity index (χ1) is 14.1. The molecule has 0 atom stereocenters. The number of hydrogen-bond donors (Lipinski definition) is 0. The summed E-state index contributed by atoms with van der Waals surface area (Å²) in [5.41, 5.74) is 3.86. The van der Waals surface area contributed by atoms with Crippen LogP contribution < -0.4 is 3.27 Å². The zero-order valence-electron chi connectivity index (χ0n) is 18.9. The fraction of sp³-hybridized carbons (Fsp3) is 0.391. The summed E-state index contributed by atoms with van der Waals surface area (Å²) < 4.78 is 41.7. The van der Waals surface area contributed by atoms with E-state index in [1.807, 2.05) is 0 Å². The molecular formula is C23H30BBiF4N2. The van der Waals surface area contributed by atoms with E-state index in [-0.39, 0.29) is 11.1 Å². The summed E-state index contributed by atoms with van der Waals surface area (Å²) in [6, 6.07) is 17.3. The number of halogens is 4. The Bertz CT molecular complexity index is 820. The Morgan fingerprint density at radius 3 is 1.55 bits per heavy atom. The van der Waals surface area contributed by atoms with E-state index in [0.29, 0.717) is 0 Å². The molecule has 0 saturated heterocycles. The number of nitrogens with zero attached hydrogens (tertiary/aromatic N) is 2. The largest absolute Gasteiger partial charge is 0.673 e. The molecule has 2 nitrogen and oxygen atoms in total. The van der Waals surface area contributed by atoms with Gasteiger partial charge in [-0.15, -0.1) is 0 Å². The second kappa shape index (κ2) is 11.9. The Hall–Kier alpha value is -1.55. The fourth-order valence-electron chi connectivity index (χ4n) is 2.25. The maximum Gasteiger partial charge on any atom is 0.673 e. The van der Waals surface area contributed by atoms with Crippen LogP contribution in [0.4, 0.5) is 17.3 Å². The van der Waals surface area contributed by atoms with Crippen LogP contribution in [0.1, 0.15) is 58.2 Å². The van der Waals surface area contributed by atoms with Crippen LogP contribution in [-0.2, 0) is 4.13 Å². The Morgan fingerprint density at radius 2 is 1.16 bits per heavy atom. The summed E-state index contributed by atoms with van der Waals surface area (Å²) >= 11 is -0.914. The summed E-state index contributed by atoms with van der Waals surface area (Å²) in [6.45, 7) is 12.8. The van der Waals surface area contributed by atoms with E-state index in [1.165, 1.54) is 24.1 Å². The van der Waals surface area contributed by atoms with Gasteiger partial charge in [0.1, 0.15) is 0 Å². The van der Waals surface area contributed by atoms with Crippen LogP contribution in [0.3, 0.4) is 0 Å². The molecule has 2 rings (SSSR count). The smallest absolute Gasteiger partial charge is 0.418 e. The molecule has 0 amide bonds. The Labute approximate surface area is 195 Å². The third-order valence-corrected chi connectivity index (χ3v) is 8.81. The SMILES string of the molecule is CC(C)(C)N=Cc1cccc(C=NC(C)(C)C)[c]1[Bi+][CH2]c1ccccc1.F[B-](F)(F)F. The average molecular weight is 630 g/mol. The monoisotopic (exact) mass is 630 g/mol. The van der Waals surface area contributed by atoms with Crippen LogP contribution >= 0.6 is 0 Å². The number of aliphatic imine (C=N–C) groups is 2. The van der Waals surface area contributed by atoms with Crippen molar-refractivity contribution >= 4 is 46.2 Å². The minimum absolute atomic E-state index is 0.0571. The minimum Gasteiger partial charge on any atom is -0.418 e. The van der Waals surface area contributed by atoms with E-state index in [4.69, 9.17) is 9.98 Å². The second-order valence-electron chi connectivity index (χ2n) is 8.94. The molecule has 0 bridgehead atoms. The molecule has 2 aromatic carbocycles. The van der Waals surface area contributed by atoms with Gasteiger partial charge in [0.15, 0.2) is 0 Å². The summed E-state index contributed by atoms with van der Waals surface area (Å²) in [5, 5.41) is 0. The molecule has 2 aromatic rings. The van der Waals surface area contributed by atoms with E-state index in [0.717, 1.165) is 0 Å². The molecule has 0 N–H and O–H groups in total. The van der Waals surface area contributed by atoms with Gasteiger partial charge in [0, 0.05) is 0 Å². The quantitative estimate of drug-likeness (QED) is 0.222. The van der Waals surface area contributed by atoms with Crippen molar-refractivity contribution in [1.82, 2.24) is 0 Å². The second-order valence-corrected chi connectivity index (χ2v) is 13.1. The Balaban J connectivity index is 0.000000861. The summed E-state index contributed by atoms with van der Waals surface area (Å²) in [7, 11) is -6.00. The van der Waals surface area contributed by atoms with E-state index in [2.05, 4.69) is 103 Å². The van der Waals surface area contributed by atoms with Crippen molar-refractivity contribution in [2.24, 2.45) is 9.98 Å². The molecule has 0 aliphatic heterocycles. The van der Waals surface area contributed by atoms with Crippen molar-refractivity contribution < 1.29 is 17.3 Å². The number of hydrogen-bond acceptors (Lipinski definition) is 2. The third-order valence-electron chi connectivity index (χ3n) is 3.54. The molecule has 0 aromatic heterocycles. The Kier molecular flexibility index (Phi) is 10.5. The predicted octanol–water partition coefficient (Wildman–Crippen LogP) is 5.95. The third kappa shape index (κ3) is 14.2. The van der Waals surface area contributed by atoms with Crippen molar-refractivity contribution in [3.8, 4) is 0 Å². The summed E-state index contributed by atoms with van der Waals surface area (Å²) in [5.74, 6) is 0. The molecular weight excluding hydrogens is 600 g/mol. The van der Waals surface area contributed by atoms with Crippen molar-refractivity contribution in [1.29, 1.82) is 0 Å². The molecule has 0 spiro atoms. The van der Waals surface area contributed by atoms with Gasteiger partial charge in [0.25, 0.3) is 0 Å². The van der Waals surface area contributed by atoms with Crippen LogP contribution in [-0.4, -0.2) is 54.0 Å². The van der Waals surface area contributed by atoms with Crippen LogP contribution in [0.5, 0.6) is 0 Å². The van der Waals surface area contributed by atoms with Gasteiger partial charge in [0.2, 0.25) is 0 Å². The molecule has 0 heterocycles. The predicted molar refractivity (Wildman–Crippen MR) is 127 cm³/mol. The molecule has 0 unspecified atom stereocenters. The standard InChI is InChI=1S/C16H23N2.C7H7.BF4.Bi/c1-15(2,3)17-11-13-8-7-9-14(10-13)12-18-16(4,5)6;1-7-5-3-2-4-6-7;2-1(3,4)5;/h7-9,11-12H,1-6H3;2-6H,1H2;;/q;;-1;+1. The first-order valence-corrected chi connectivity index (χ1v) is 14.2. The van der Waals surface area contributed by atoms with Crippen molar-refractivity contribution in [3.63, 3.8) is 0 Å². The van der Waals surface area contributed by atoms with Crippen LogP contribution in [0.25, 0.3) is 0 Å². The Morgan fingerprint density at radius 1 is 0.742 bits per heavy atom. The van der Waals surface area contributed by atoms with Gasteiger partial charge >= 0.3 is 178 Å². The van der Waals surface area contributed by atoms with Crippen LogP contribution in [0.15, 0.2) is 58.5 Å². The fourth-order valence-corrected chi connectivity index (χ4v) is 6.84. The first-order valence-electron chi connectivity index (χ1n) is 9.96. The normalized spacial score (nSPS) is 12.8. The minimum atomic E-state index is -6.00. The van der Waals surface area contributed by atoms with E-state index < -0.39 is 30.5 Å². The van der Waals surface area contributed by atoms with Gasteiger partial charge in [-0.2, -0.15) is 0 Å². The van der Waals surface area contributed by atoms with Gasteiger partial charge in [0.05, 0.1) is 0 Å². The van der Waals surface area contributed by atoms with Gasteiger partial charge in [-0.05, 0) is 0 Å². The molecule has 0 fully saturated rings. The maximum absolute atomic E-state index is 9.75. The topological polar surface area (TPSA) is 24.7 Å². The molecule has 0 aliphatic rings. The van der Waals surface area contributed by atoms with Gasteiger partial charge in [-0.3, -0.25) is 0 Å². The zero-order valence-corrected chi connectivity index (χ0v) is 22.4. The van der Waals surface area contributed by atoms with Crippen molar-refractivity contribution in [2.75, 3.05) is 0 Å². The van der Waals surface area contributed by atoms with Gasteiger partial charge in [-0.1, -0.05) is 0 Å². The summed E-state index contributed by atoms with van der Waals surface area (Å²) in [6.07, 6.45) is 4.14. The number of benzene rings is 2. The molecule has 31 heavy (non-hydrogen) atoms. The van der Waals surface area contributed by atoms with Gasteiger partial charge < -0.3 is 17.3 Å².